The van der Waals surface area contributed by atoms with E-state index >= 15 is 0 Å². The third-order valence-corrected chi connectivity index (χ3v) is 6.74. The standard InChI is InChI=1S/C23H26N2O3S/c1-4-17(23(27)28-5-2)25-20(15-10-8-9-14(3)13-15)24-21-19(22(25)26)16-11-6-7-12-18(16)29-21/h8-10,13,17H,4-7,11-12H2,1-3H3. The van der Waals surface area contributed by atoms with Crippen LogP contribution in [0.2, 0.25) is 0 Å². The monoisotopic (exact) mass is 410 g/mol. The summed E-state index contributed by atoms with van der Waals surface area (Å²) in [6, 6.07) is 7.24. The van der Waals surface area contributed by atoms with Gasteiger partial charge in [0.05, 0.1) is 12.0 Å². The summed E-state index contributed by atoms with van der Waals surface area (Å²) in [6.45, 7) is 5.98. The van der Waals surface area contributed by atoms with E-state index in [2.05, 4.69) is 0 Å². The Labute approximate surface area is 174 Å². The Bertz CT molecular complexity index is 1130. The topological polar surface area (TPSA) is 61.2 Å². The molecule has 4 rings (SSSR count). The summed E-state index contributed by atoms with van der Waals surface area (Å²) in [6.07, 6.45) is 4.63. The molecule has 2 aromatic heterocycles. The number of hydrogen-bond donors (Lipinski definition) is 0. The molecule has 29 heavy (non-hydrogen) atoms. The van der Waals surface area contributed by atoms with E-state index in [0.29, 0.717) is 17.6 Å². The second-order valence-corrected chi connectivity index (χ2v) is 8.63. The number of aryl methyl sites for hydroxylation is 3. The Morgan fingerprint density at radius 2 is 2.07 bits per heavy atom. The minimum atomic E-state index is -0.686. The van der Waals surface area contributed by atoms with Crippen molar-refractivity contribution in [2.24, 2.45) is 0 Å². The van der Waals surface area contributed by atoms with Gasteiger partial charge in [-0.1, -0.05) is 30.7 Å². The van der Waals surface area contributed by atoms with Crippen molar-refractivity contribution in [1.29, 1.82) is 0 Å². The summed E-state index contributed by atoms with van der Waals surface area (Å²) in [5.74, 6) is 0.168. The third kappa shape index (κ3) is 3.50. The van der Waals surface area contributed by atoms with E-state index in [1.165, 1.54) is 4.88 Å². The van der Waals surface area contributed by atoms with E-state index in [1.807, 2.05) is 38.1 Å². The second-order valence-electron chi connectivity index (χ2n) is 7.55. The van der Waals surface area contributed by atoms with Gasteiger partial charge in [-0.25, -0.2) is 9.78 Å². The van der Waals surface area contributed by atoms with Crippen LogP contribution in [0.4, 0.5) is 0 Å². The fourth-order valence-corrected chi connectivity index (χ4v) is 5.44. The number of benzene rings is 1. The average molecular weight is 411 g/mol. The Morgan fingerprint density at radius 3 is 2.79 bits per heavy atom. The van der Waals surface area contributed by atoms with Crippen molar-refractivity contribution < 1.29 is 9.53 Å². The summed E-state index contributed by atoms with van der Waals surface area (Å²) >= 11 is 1.63. The van der Waals surface area contributed by atoms with Crippen LogP contribution in [-0.4, -0.2) is 22.1 Å². The van der Waals surface area contributed by atoms with Crippen LogP contribution in [0.5, 0.6) is 0 Å². The van der Waals surface area contributed by atoms with E-state index in [1.54, 1.807) is 22.8 Å². The number of rotatable bonds is 5. The molecule has 0 N–H and O–H groups in total. The first-order valence-corrected chi connectivity index (χ1v) is 11.2. The largest absolute Gasteiger partial charge is 0.464 e. The van der Waals surface area contributed by atoms with Gasteiger partial charge in [0.25, 0.3) is 5.56 Å². The van der Waals surface area contributed by atoms with Crippen LogP contribution in [0, 0.1) is 6.92 Å². The fourth-order valence-electron chi connectivity index (χ4n) is 4.19. The van der Waals surface area contributed by atoms with Gasteiger partial charge in [0, 0.05) is 10.4 Å². The van der Waals surface area contributed by atoms with Gasteiger partial charge in [-0.2, -0.15) is 0 Å². The molecule has 5 nitrogen and oxygen atoms in total. The molecule has 0 saturated carbocycles. The van der Waals surface area contributed by atoms with Gasteiger partial charge >= 0.3 is 5.97 Å². The maximum absolute atomic E-state index is 13.8. The van der Waals surface area contributed by atoms with Crippen LogP contribution in [0.25, 0.3) is 21.6 Å². The van der Waals surface area contributed by atoms with Gasteiger partial charge in [0.2, 0.25) is 0 Å². The van der Waals surface area contributed by atoms with Crippen LogP contribution in [0.1, 0.15) is 55.2 Å². The van der Waals surface area contributed by atoms with Crippen molar-refractivity contribution >= 4 is 27.5 Å². The first kappa shape index (κ1) is 19.8. The normalized spacial score (nSPS) is 14.6. The number of nitrogens with zero attached hydrogens (tertiary/aromatic N) is 2. The van der Waals surface area contributed by atoms with Crippen molar-refractivity contribution in [1.82, 2.24) is 9.55 Å². The lowest BCUT2D eigenvalue weighted by Gasteiger charge is -2.21. The number of hydrogen-bond acceptors (Lipinski definition) is 5. The molecule has 1 unspecified atom stereocenters. The predicted octanol–water partition coefficient (Wildman–Crippen LogP) is 4.83. The average Bonchev–Trinajstić information content (AvgIpc) is 3.09. The highest BCUT2D eigenvalue weighted by molar-refractivity contribution is 7.18. The first-order chi connectivity index (χ1) is 14.0. The van der Waals surface area contributed by atoms with Crippen molar-refractivity contribution in [3.8, 4) is 11.4 Å². The van der Waals surface area contributed by atoms with Gasteiger partial charge in [-0.05, 0) is 57.6 Å². The summed E-state index contributed by atoms with van der Waals surface area (Å²) in [7, 11) is 0. The second kappa shape index (κ2) is 8.11. The summed E-state index contributed by atoms with van der Waals surface area (Å²) in [5.41, 5.74) is 2.94. The molecular formula is C23H26N2O3S. The molecule has 0 fully saturated rings. The molecule has 0 spiro atoms. The van der Waals surface area contributed by atoms with Gasteiger partial charge < -0.3 is 4.74 Å². The van der Waals surface area contributed by atoms with Gasteiger partial charge in [0.15, 0.2) is 0 Å². The number of thiophene rings is 1. The van der Waals surface area contributed by atoms with Crippen LogP contribution in [-0.2, 0) is 22.4 Å². The van der Waals surface area contributed by atoms with Crippen molar-refractivity contribution in [3.63, 3.8) is 0 Å². The quantitative estimate of drug-likeness (QED) is 0.566. The predicted molar refractivity (Wildman–Crippen MR) is 117 cm³/mol. The zero-order valence-electron chi connectivity index (χ0n) is 17.2. The highest BCUT2D eigenvalue weighted by Gasteiger charge is 2.29. The number of fused-ring (bicyclic) bond motifs is 3. The first-order valence-electron chi connectivity index (χ1n) is 10.4. The van der Waals surface area contributed by atoms with Crippen molar-refractivity contribution in [3.05, 3.63) is 50.6 Å². The number of ether oxygens (including phenoxy) is 1. The minimum absolute atomic E-state index is 0.120. The third-order valence-electron chi connectivity index (χ3n) is 5.55. The van der Waals surface area contributed by atoms with E-state index < -0.39 is 6.04 Å². The zero-order valence-corrected chi connectivity index (χ0v) is 18.0. The van der Waals surface area contributed by atoms with E-state index in [0.717, 1.165) is 47.2 Å². The van der Waals surface area contributed by atoms with E-state index in [9.17, 15) is 9.59 Å². The maximum Gasteiger partial charge on any atom is 0.329 e. The summed E-state index contributed by atoms with van der Waals surface area (Å²) in [5, 5.41) is 0.698. The summed E-state index contributed by atoms with van der Waals surface area (Å²) in [4.78, 5) is 33.5. The molecule has 0 bridgehead atoms. The summed E-state index contributed by atoms with van der Waals surface area (Å²) < 4.78 is 6.88. The molecule has 1 aliphatic rings. The zero-order chi connectivity index (χ0) is 20.5. The molecule has 1 aliphatic carbocycles. The number of aromatic nitrogens is 2. The SMILES string of the molecule is CCOC(=O)C(CC)n1c(-c2cccc(C)c2)nc2sc3c(c2c1=O)CCCC3. The molecule has 2 heterocycles. The smallest absolute Gasteiger partial charge is 0.329 e. The van der Waals surface area contributed by atoms with Gasteiger partial charge in [-0.3, -0.25) is 9.36 Å². The lowest BCUT2D eigenvalue weighted by atomic mass is 9.97. The Hall–Kier alpha value is -2.47. The van der Waals surface area contributed by atoms with Gasteiger partial charge in [0.1, 0.15) is 16.7 Å². The molecule has 6 heteroatoms. The lowest BCUT2D eigenvalue weighted by molar-refractivity contribution is -0.147. The molecule has 3 aromatic rings. The van der Waals surface area contributed by atoms with Gasteiger partial charge in [-0.15, -0.1) is 11.3 Å². The molecule has 1 aromatic carbocycles. The number of carbonyl (C=O) groups is 1. The number of esters is 1. The molecule has 0 saturated heterocycles. The molecule has 152 valence electrons. The van der Waals surface area contributed by atoms with E-state index in [4.69, 9.17) is 9.72 Å². The Kier molecular flexibility index (Phi) is 5.54. The fraction of sp³-hybridized carbons (Fsp3) is 0.435. The number of carbonyl (C=O) groups excluding carboxylic acids is 1. The maximum atomic E-state index is 13.8. The van der Waals surface area contributed by atoms with Crippen LogP contribution < -0.4 is 5.56 Å². The Morgan fingerprint density at radius 1 is 1.28 bits per heavy atom. The molecule has 0 amide bonds. The highest BCUT2D eigenvalue weighted by atomic mass is 32.1. The highest BCUT2D eigenvalue weighted by Crippen LogP contribution is 2.35. The molecule has 1 atom stereocenters. The van der Waals surface area contributed by atoms with Crippen LogP contribution in [0.3, 0.4) is 0 Å². The molecule has 0 aliphatic heterocycles. The molecular weight excluding hydrogens is 384 g/mol. The van der Waals surface area contributed by atoms with Crippen molar-refractivity contribution in [2.45, 2.75) is 58.9 Å². The molecule has 0 radical (unpaired) electrons. The van der Waals surface area contributed by atoms with Crippen LogP contribution >= 0.6 is 11.3 Å². The lowest BCUT2D eigenvalue weighted by Crippen LogP contribution is -2.33. The van der Waals surface area contributed by atoms with E-state index in [-0.39, 0.29) is 18.1 Å². The Balaban J connectivity index is 2.04. The van der Waals surface area contributed by atoms with Crippen LogP contribution in [0.15, 0.2) is 29.1 Å². The minimum Gasteiger partial charge on any atom is -0.464 e. The van der Waals surface area contributed by atoms with Crippen molar-refractivity contribution in [2.75, 3.05) is 6.61 Å².